The van der Waals surface area contributed by atoms with Crippen molar-refractivity contribution in [3.05, 3.63) is 199 Å². The molecule has 3 heterocycles. The molecule has 0 fully saturated rings. The fourth-order valence-electron chi connectivity index (χ4n) is 7.59. The third kappa shape index (κ3) is 8.11. The summed E-state index contributed by atoms with van der Waals surface area (Å²) in [7, 11) is 2.18. The Hall–Kier alpha value is -6.52. The summed E-state index contributed by atoms with van der Waals surface area (Å²) in [6.07, 6.45) is 10.2. The van der Waals surface area contributed by atoms with Crippen LogP contribution in [0.5, 0.6) is 0 Å². The van der Waals surface area contributed by atoms with E-state index in [0.29, 0.717) is 6.04 Å². The lowest BCUT2D eigenvalue weighted by atomic mass is 9.76. The molecule has 278 valence electrons. The fourth-order valence-corrected chi connectivity index (χ4v) is 7.59. The summed E-state index contributed by atoms with van der Waals surface area (Å²) in [5, 5.41) is 3.64. The van der Waals surface area contributed by atoms with E-state index in [0.717, 1.165) is 45.3 Å². The van der Waals surface area contributed by atoms with Gasteiger partial charge in [0.1, 0.15) is 0 Å². The highest BCUT2D eigenvalue weighted by Crippen LogP contribution is 2.47. The number of likely N-dealkylation sites (N-methyl/N-ethyl adjacent to an activating group) is 1. The number of hydrogen-bond acceptors (Lipinski definition) is 4. The van der Waals surface area contributed by atoms with Crippen molar-refractivity contribution in [1.82, 2.24) is 9.97 Å². The first-order valence-electron chi connectivity index (χ1n) is 19.6. The number of nitrogens with zero attached hydrogens (tertiary/aromatic N) is 3. The number of benzene rings is 5. The Kier molecular flexibility index (Phi) is 11.7. The maximum atomic E-state index is 4.98. The molecule has 2 aliphatic rings. The van der Waals surface area contributed by atoms with Gasteiger partial charge in [0.2, 0.25) is 0 Å². The molecule has 2 aromatic heterocycles. The van der Waals surface area contributed by atoms with Gasteiger partial charge in [-0.15, -0.1) is 0 Å². The topological polar surface area (TPSA) is 41.0 Å². The van der Waals surface area contributed by atoms with Gasteiger partial charge in [-0.3, -0.25) is 0 Å². The number of aromatic nitrogens is 2. The highest BCUT2D eigenvalue weighted by atomic mass is 15.2. The van der Waals surface area contributed by atoms with Crippen LogP contribution in [0.2, 0.25) is 0 Å². The molecule has 4 heteroatoms. The monoisotopic (exact) mass is 730 g/mol. The van der Waals surface area contributed by atoms with Crippen LogP contribution in [0.3, 0.4) is 0 Å². The van der Waals surface area contributed by atoms with E-state index in [1.165, 1.54) is 34.4 Å². The van der Waals surface area contributed by atoms with Crippen molar-refractivity contribution in [2.45, 2.75) is 45.6 Å². The van der Waals surface area contributed by atoms with Crippen molar-refractivity contribution in [2.24, 2.45) is 0 Å². The van der Waals surface area contributed by atoms with Crippen molar-refractivity contribution in [2.75, 3.05) is 17.3 Å². The summed E-state index contributed by atoms with van der Waals surface area (Å²) in [4.78, 5) is 12.2. The van der Waals surface area contributed by atoms with Crippen molar-refractivity contribution >= 4 is 17.1 Å². The van der Waals surface area contributed by atoms with Crippen molar-refractivity contribution in [3.63, 3.8) is 0 Å². The van der Waals surface area contributed by atoms with E-state index in [2.05, 4.69) is 178 Å². The quantitative estimate of drug-likeness (QED) is 0.185. The van der Waals surface area contributed by atoms with E-state index in [1.54, 1.807) is 0 Å². The number of anilines is 3. The van der Waals surface area contributed by atoms with E-state index >= 15 is 0 Å². The van der Waals surface area contributed by atoms with E-state index in [9.17, 15) is 0 Å². The number of nitrogens with one attached hydrogen (secondary N) is 1. The summed E-state index contributed by atoms with van der Waals surface area (Å²) < 4.78 is 0. The summed E-state index contributed by atoms with van der Waals surface area (Å²) in [6.45, 7) is 8.72. The maximum Gasteiger partial charge on any atom is 0.0893 e. The largest absolute Gasteiger partial charge is 0.367 e. The average molecular weight is 731 g/mol. The molecule has 0 amide bonds. The van der Waals surface area contributed by atoms with Crippen LogP contribution in [-0.2, 0) is 5.41 Å². The van der Waals surface area contributed by atoms with Crippen molar-refractivity contribution in [3.8, 4) is 45.0 Å². The second-order valence-electron chi connectivity index (χ2n) is 14.6. The molecule has 0 radical (unpaired) electrons. The predicted octanol–water partition coefficient (Wildman–Crippen LogP) is 13.5. The second kappa shape index (κ2) is 17.3. The van der Waals surface area contributed by atoms with Gasteiger partial charge in [-0.2, -0.15) is 0 Å². The lowest BCUT2D eigenvalue weighted by Gasteiger charge is -2.32. The Morgan fingerprint density at radius 2 is 1.16 bits per heavy atom. The van der Waals surface area contributed by atoms with Gasteiger partial charge in [-0.05, 0) is 79.1 Å². The third-order valence-corrected chi connectivity index (χ3v) is 10.4. The molecule has 2 atom stereocenters. The van der Waals surface area contributed by atoms with Crippen LogP contribution in [0.25, 0.3) is 45.0 Å². The zero-order valence-electron chi connectivity index (χ0n) is 33.0. The molecule has 7 aromatic rings. The van der Waals surface area contributed by atoms with Crippen molar-refractivity contribution < 1.29 is 0 Å². The van der Waals surface area contributed by atoms with Gasteiger partial charge >= 0.3 is 0 Å². The smallest absolute Gasteiger partial charge is 0.0893 e. The number of hydrogen-bond donors (Lipinski definition) is 1. The number of pyridine rings is 2. The maximum absolute atomic E-state index is 4.98. The third-order valence-electron chi connectivity index (χ3n) is 10.4. The van der Waals surface area contributed by atoms with Crippen LogP contribution in [0.1, 0.15) is 38.3 Å². The minimum atomic E-state index is 0.153. The van der Waals surface area contributed by atoms with Crippen LogP contribution < -0.4 is 10.2 Å². The molecule has 1 aliphatic heterocycles. The first kappa shape index (κ1) is 37.8. The molecule has 4 nitrogen and oxygen atoms in total. The Balaban J connectivity index is 0.000000220. The zero-order valence-corrected chi connectivity index (χ0v) is 33.0. The Bertz CT molecular complexity index is 2460. The summed E-state index contributed by atoms with van der Waals surface area (Å²) in [6, 6.07) is 56.9. The van der Waals surface area contributed by atoms with Crippen LogP contribution >= 0.6 is 0 Å². The van der Waals surface area contributed by atoms with Crippen LogP contribution in [0.15, 0.2) is 188 Å². The number of fused-ring (bicyclic) bond motifs is 3. The molecule has 56 heavy (non-hydrogen) atoms. The van der Waals surface area contributed by atoms with Gasteiger partial charge < -0.3 is 10.2 Å². The molecule has 0 saturated carbocycles. The lowest BCUT2D eigenvalue weighted by Crippen LogP contribution is -2.39. The zero-order chi connectivity index (χ0) is 38.9. The molecule has 0 saturated heterocycles. The molecular formula is C52H50N4. The van der Waals surface area contributed by atoms with E-state index in [4.69, 9.17) is 9.97 Å². The Morgan fingerprint density at radius 1 is 0.589 bits per heavy atom. The van der Waals surface area contributed by atoms with Gasteiger partial charge in [-0.25, -0.2) is 9.97 Å². The SMILES string of the molecule is CCC.CN1c2ccccc2C2(C)C=CC=CC12.Cc1ccccc1-c1ccccc1Nc1cccc(-c2cccc(-c3cccc(-c4ccccc4)n3)n2)c1. The molecule has 5 aromatic carbocycles. The van der Waals surface area contributed by atoms with Gasteiger partial charge in [0, 0.05) is 46.2 Å². The molecule has 0 bridgehead atoms. The molecule has 1 aliphatic carbocycles. The lowest BCUT2D eigenvalue weighted by molar-refractivity contribution is 0.541. The van der Waals surface area contributed by atoms with Gasteiger partial charge in [0.05, 0.1) is 28.8 Å². The number of para-hydroxylation sites is 2. The molecule has 2 unspecified atom stereocenters. The number of allylic oxidation sites excluding steroid dienone is 2. The summed E-state index contributed by atoms with van der Waals surface area (Å²) in [5.41, 5.74) is 14.4. The van der Waals surface area contributed by atoms with Crippen LogP contribution in [0.4, 0.5) is 17.1 Å². The first-order chi connectivity index (χ1) is 27.4. The number of rotatable bonds is 6. The molecule has 9 rings (SSSR count). The summed E-state index contributed by atoms with van der Waals surface area (Å²) >= 11 is 0. The van der Waals surface area contributed by atoms with Crippen LogP contribution in [-0.4, -0.2) is 23.1 Å². The van der Waals surface area contributed by atoms with Gasteiger partial charge in [0.15, 0.2) is 0 Å². The van der Waals surface area contributed by atoms with Crippen LogP contribution in [0, 0.1) is 6.92 Å². The van der Waals surface area contributed by atoms with Crippen molar-refractivity contribution in [1.29, 1.82) is 0 Å². The molecular weight excluding hydrogens is 681 g/mol. The predicted molar refractivity (Wildman–Crippen MR) is 238 cm³/mol. The molecule has 1 N–H and O–H groups in total. The fraction of sp³-hybridized carbons (Fsp3) is 0.154. The van der Waals surface area contributed by atoms with E-state index in [1.807, 2.05) is 54.6 Å². The highest BCUT2D eigenvalue weighted by Gasteiger charge is 2.43. The standard InChI is InChI=1S/C35H27N3.C14H15N.C3H8/c1-25-12-5-6-17-29(25)30-18-7-8-19-33(30)36-28-16-9-15-27(24-28)32-21-11-23-35(38-32)34-22-10-20-31(37-34)26-13-3-2-4-14-26;1-14-10-6-5-9-13(14)15(2)12-8-4-3-7-11(12)14;1-3-2/h2-24,36H,1H3;3-10,13H,1-2H3;3H2,1-2H3. The summed E-state index contributed by atoms with van der Waals surface area (Å²) in [5.74, 6) is 0. The van der Waals surface area contributed by atoms with E-state index in [-0.39, 0.29) is 5.41 Å². The first-order valence-corrected chi connectivity index (χ1v) is 19.6. The van der Waals surface area contributed by atoms with E-state index < -0.39 is 0 Å². The minimum Gasteiger partial charge on any atom is -0.367 e. The minimum absolute atomic E-state index is 0.153. The average Bonchev–Trinajstić information content (AvgIpc) is 3.48. The highest BCUT2D eigenvalue weighted by molar-refractivity contribution is 5.83. The normalized spacial score (nSPS) is 16.1. The Morgan fingerprint density at radius 3 is 1.89 bits per heavy atom. The number of aryl methyl sites for hydroxylation is 1. The van der Waals surface area contributed by atoms with Gasteiger partial charge in [0.25, 0.3) is 0 Å². The second-order valence-corrected chi connectivity index (χ2v) is 14.6. The Labute approximate surface area is 333 Å². The molecule has 0 spiro atoms. The van der Waals surface area contributed by atoms with Gasteiger partial charge in [-0.1, -0.05) is 160 Å².